The Bertz CT molecular complexity index is 733. The van der Waals surface area contributed by atoms with Crippen LogP contribution in [0.1, 0.15) is 32.0 Å². The van der Waals surface area contributed by atoms with E-state index in [0.29, 0.717) is 24.8 Å². The average molecular weight is 456 g/mol. The quantitative estimate of drug-likeness (QED) is 0.408. The number of fused-ring (bicyclic) bond motifs is 3. The van der Waals surface area contributed by atoms with Gasteiger partial charge in [0.15, 0.2) is 11.6 Å². The van der Waals surface area contributed by atoms with Crippen molar-refractivity contribution in [2.24, 2.45) is 4.99 Å². The van der Waals surface area contributed by atoms with Crippen molar-refractivity contribution in [3.05, 3.63) is 30.2 Å². The Morgan fingerprint density at radius 2 is 2.28 bits per heavy atom. The number of nitrogens with zero attached hydrogens (tertiary/aromatic N) is 4. The van der Waals surface area contributed by atoms with Gasteiger partial charge >= 0.3 is 0 Å². The first-order chi connectivity index (χ1) is 11.8. The maximum Gasteiger partial charge on any atom is 0.191 e. The van der Waals surface area contributed by atoms with Gasteiger partial charge in [0.2, 0.25) is 0 Å². The topological polar surface area (TPSA) is 75.8 Å². The minimum atomic E-state index is 0. The molecule has 2 bridgehead atoms. The predicted octanol–water partition coefficient (Wildman–Crippen LogP) is 1.76. The minimum Gasteiger partial charge on any atom is -0.373 e. The van der Waals surface area contributed by atoms with Gasteiger partial charge in [-0.1, -0.05) is 6.07 Å². The van der Waals surface area contributed by atoms with E-state index < -0.39 is 0 Å². The zero-order chi connectivity index (χ0) is 16.4. The van der Waals surface area contributed by atoms with Crippen LogP contribution in [0.4, 0.5) is 0 Å². The van der Waals surface area contributed by atoms with Gasteiger partial charge in [0, 0.05) is 25.7 Å². The van der Waals surface area contributed by atoms with Crippen LogP contribution in [0.2, 0.25) is 0 Å². The molecule has 2 aliphatic heterocycles. The van der Waals surface area contributed by atoms with E-state index in [9.17, 15) is 0 Å². The van der Waals surface area contributed by atoms with Crippen LogP contribution >= 0.6 is 24.0 Å². The van der Waals surface area contributed by atoms with Crippen LogP contribution in [0.5, 0.6) is 0 Å². The highest BCUT2D eigenvalue weighted by atomic mass is 127. The number of ether oxygens (including phenoxy) is 1. The van der Waals surface area contributed by atoms with Crippen LogP contribution in [-0.2, 0) is 11.2 Å². The summed E-state index contributed by atoms with van der Waals surface area (Å²) in [5.74, 6) is 1.81. The number of halogens is 1. The van der Waals surface area contributed by atoms with Gasteiger partial charge in [-0.2, -0.15) is 0 Å². The molecule has 0 saturated carbocycles. The maximum atomic E-state index is 5.91. The summed E-state index contributed by atoms with van der Waals surface area (Å²) in [5, 5.41) is 15.3. The van der Waals surface area contributed by atoms with E-state index in [1.165, 1.54) is 6.42 Å². The minimum absolute atomic E-state index is 0. The van der Waals surface area contributed by atoms with Crippen LogP contribution in [0.25, 0.3) is 5.65 Å². The van der Waals surface area contributed by atoms with Crippen LogP contribution < -0.4 is 10.6 Å². The molecule has 2 fully saturated rings. The highest BCUT2D eigenvalue weighted by molar-refractivity contribution is 14.0. The van der Waals surface area contributed by atoms with Crippen molar-refractivity contribution in [1.82, 2.24) is 25.2 Å². The highest BCUT2D eigenvalue weighted by Crippen LogP contribution is 2.34. The Hall–Kier alpha value is -1.42. The smallest absolute Gasteiger partial charge is 0.191 e. The molecule has 8 heteroatoms. The average Bonchev–Trinajstić information content (AvgIpc) is 3.31. The molecule has 25 heavy (non-hydrogen) atoms. The van der Waals surface area contributed by atoms with Gasteiger partial charge in [-0.3, -0.25) is 9.39 Å². The van der Waals surface area contributed by atoms with Crippen LogP contribution in [0.15, 0.2) is 29.4 Å². The van der Waals surface area contributed by atoms with E-state index in [1.54, 1.807) is 0 Å². The van der Waals surface area contributed by atoms with E-state index in [2.05, 4.69) is 27.8 Å². The Labute approximate surface area is 164 Å². The Morgan fingerprint density at radius 3 is 3.04 bits per heavy atom. The standard InChI is InChI=1S/C17H24N6O.HI/c1-2-18-17(20-13-11-12-6-7-14(13)24-12)19-9-8-16-22-21-15-5-3-4-10-23(15)16;/h3-5,10,12-14H,2,6-9,11H2,1H3,(H2,18,19,20);1H. The SMILES string of the molecule is CCNC(=NCCc1nnc2ccccn12)NC1CC2CCC1O2.I. The molecule has 0 aliphatic carbocycles. The lowest BCUT2D eigenvalue weighted by Crippen LogP contribution is -2.47. The molecule has 7 nitrogen and oxygen atoms in total. The van der Waals surface area contributed by atoms with Gasteiger partial charge in [0.05, 0.1) is 18.2 Å². The summed E-state index contributed by atoms with van der Waals surface area (Å²) in [6, 6.07) is 6.30. The molecule has 0 amide bonds. The Balaban J connectivity index is 0.00000182. The van der Waals surface area contributed by atoms with E-state index >= 15 is 0 Å². The first kappa shape index (κ1) is 18.4. The van der Waals surface area contributed by atoms with E-state index in [4.69, 9.17) is 9.73 Å². The lowest BCUT2D eigenvalue weighted by atomic mass is 9.96. The molecule has 2 N–H and O–H groups in total. The fourth-order valence-electron chi connectivity index (χ4n) is 3.61. The van der Waals surface area contributed by atoms with Crippen LogP contribution in [0, 0.1) is 0 Å². The van der Waals surface area contributed by atoms with E-state index in [0.717, 1.165) is 43.2 Å². The molecule has 3 unspecified atom stereocenters. The van der Waals surface area contributed by atoms with Crippen molar-refractivity contribution in [3.8, 4) is 0 Å². The van der Waals surface area contributed by atoms with Crippen molar-refractivity contribution >= 4 is 35.6 Å². The molecule has 4 heterocycles. The van der Waals surface area contributed by atoms with Gasteiger partial charge in [0.25, 0.3) is 0 Å². The lowest BCUT2D eigenvalue weighted by Gasteiger charge is -2.22. The van der Waals surface area contributed by atoms with Gasteiger partial charge in [-0.15, -0.1) is 34.2 Å². The Kier molecular flexibility index (Phi) is 6.10. The molecular weight excluding hydrogens is 431 g/mol. The summed E-state index contributed by atoms with van der Waals surface area (Å²) in [4.78, 5) is 4.70. The molecule has 0 aromatic carbocycles. The summed E-state index contributed by atoms with van der Waals surface area (Å²) in [5.41, 5.74) is 0.876. The summed E-state index contributed by atoms with van der Waals surface area (Å²) < 4.78 is 7.92. The summed E-state index contributed by atoms with van der Waals surface area (Å²) >= 11 is 0. The van der Waals surface area contributed by atoms with Crippen molar-refractivity contribution in [2.75, 3.05) is 13.1 Å². The number of nitrogens with one attached hydrogen (secondary N) is 2. The van der Waals surface area contributed by atoms with Gasteiger partial charge in [0.1, 0.15) is 5.82 Å². The van der Waals surface area contributed by atoms with Crippen molar-refractivity contribution < 1.29 is 4.74 Å². The highest BCUT2D eigenvalue weighted by Gasteiger charge is 2.41. The Morgan fingerprint density at radius 1 is 1.36 bits per heavy atom. The predicted molar refractivity (Wildman–Crippen MR) is 108 cm³/mol. The third-order valence-electron chi connectivity index (χ3n) is 4.76. The van der Waals surface area contributed by atoms with Gasteiger partial charge in [-0.25, -0.2) is 0 Å². The molecule has 136 valence electrons. The first-order valence-corrected chi connectivity index (χ1v) is 8.82. The fraction of sp³-hybridized carbons (Fsp3) is 0.588. The van der Waals surface area contributed by atoms with Crippen LogP contribution in [-0.4, -0.2) is 51.9 Å². The van der Waals surface area contributed by atoms with Crippen molar-refractivity contribution in [2.45, 2.75) is 50.9 Å². The number of rotatable bonds is 5. The first-order valence-electron chi connectivity index (χ1n) is 8.82. The maximum absolute atomic E-state index is 5.91. The molecule has 0 radical (unpaired) electrons. The molecular formula is C17H25IN6O. The number of guanidine groups is 1. The second kappa shape index (κ2) is 8.31. The molecule has 3 atom stereocenters. The number of hydrogen-bond donors (Lipinski definition) is 2. The molecule has 2 saturated heterocycles. The monoisotopic (exact) mass is 456 g/mol. The summed E-state index contributed by atoms with van der Waals surface area (Å²) in [6.45, 7) is 3.61. The number of hydrogen-bond acceptors (Lipinski definition) is 4. The summed E-state index contributed by atoms with van der Waals surface area (Å²) in [6.07, 6.45) is 6.99. The third kappa shape index (κ3) is 4.05. The fourth-order valence-corrected chi connectivity index (χ4v) is 3.61. The number of aliphatic imine (C=N–C) groups is 1. The number of aromatic nitrogens is 3. The second-order valence-electron chi connectivity index (χ2n) is 6.42. The van der Waals surface area contributed by atoms with E-state index in [1.807, 2.05) is 28.8 Å². The van der Waals surface area contributed by atoms with Gasteiger partial charge < -0.3 is 15.4 Å². The normalized spacial score (nSPS) is 25.2. The summed E-state index contributed by atoms with van der Waals surface area (Å²) in [7, 11) is 0. The van der Waals surface area contributed by atoms with Gasteiger partial charge in [-0.05, 0) is 38.3 Å². The van der Waals surface area contributed by atoms with Crippen LogP contribution in [0.3, 0.4) is 0 Å². The zero-order valence-electron chi connectivity index (χ0n) is 14.4. The molecule has 2 aliphatic rings. The lowest BCUT2D eigenvalue weighted by molar-refractivity contribution is 0.0992. The molecule has 4 rings (SSSR count). The van der Waals surface area contributed by atoms with Crippen molar-refractivity contribution in [3.63, 3.8) is 0 Å². The second-order valence-corrected chi connectivity index (χ2v) is 6.42. The molecule has 0 spiro atoms. The van der Waals surface area contributed by atoms with E-state index in [-0.39, 0.29) is 24.0 Å². The molecule has 2 aromatic rings. The third-order valence-corrected chi connectivity index (χ3v) is 4.76. The zero-order valence-corrected chi connectivity index (χ0v) is 16.7. The van der Waals surface area contributed by atoms with Crippen molar-refractivity contribution in [1.29, 1.82) is 0 Å². The largest absolute Gasteiger partial charge is 0.373 e. The number of pyridine rings is 1. The molecule has 2 aromatic heterocycles.